The normalized spacial score (nSPS) is 17.2. The van der Waals surface area contributed by atoms with E-state index in [-0.39, 0.29) is 5.56 Å². The number of nitrogens with zero attached hydrogens (tertiary/aromatic N) is 1. The number of halogens is 3. The van der Waals surface area contributed by atoms with Crippen LogP contribution >= 0.6 is 0 Å². The zero-order valence-electron chi connectivity index (χ0n) is 10.1. The van der Waals surface area contributed by atoms with Crippen molar-refractivity contribution < 1.29 is 18.3 Å². The first kappa shape index (κ1) is 13.8. The largest absolute Gasteiger partial charge is 0.423 e. The van der Waals surface area contributed by atoms with Crippen LogP contribution in [0.2, 0.25) is 0 Å². The molecule has 0 saturated heterocycles. The Morgan fingerprint density at radius 1 is 1.26 bits per heavy atom. The molecule has 0 bridgehead atoms. The van der Waals surface area contributed by atoms with Crippen LogP contribution in [0.25, 0.3) is 10.9 Å². The van der Waals surface area contributed by atoms with E-state index in [9.17, 15) is 18.3 Å². The second-order valence-electron chi connectivity index (χ2n) is 4.47. The second-order valence-corrected chi connectivity index (χ2v) is 4.47. The summed E-state index contributed by atoms with van der Waals surface area (Å²) in [5.41, 5.74) is 2.43. The number of benzene rings is 1. The Balaban J connectivity index is 2.64. The summed E-state index contributed by atoms with van der Waals surface area (Å²) >= 11 is 0. The number of nitrogens with two attached hydrogens (primary N) is 1. The molecular formula is C13H13F3N2O. The summed E-state index contributed by atoms with van der Waals surface area (Å²) in [6.45, 7) is 1.11. The molecule has 2 aromatic rings. The molecule has 3 nitrogen and oxygen atoms in total. The van der Waals surface area contributed by atoms with E-state index in [1.54, 1.807) is 24.3 Å². The minimum absolute atomic E-state index is 0.353. The van der Waals surface area contributed by atoms with Crippen molar-refractivity contribution in [2.24, 2.45) is 5.73 Å². The number of aromatic nitrogens is 1. The molecule has 0 aliphatic rings. The van der Waals surface area contributed by atoms with Crippen LogP contribution in [0.15, 0.2) is 36.5 Å². The van der Waals surface area contributed by atoms with Gasteiger partial charge in [-0.25, -0.2) is 0 Å². The molecular weight excluding hydrogens is 257 g/mol. The number of pyridine rings is 1. The lowest BCUT2D eigenvalue weighted by atomic mass is 9.87. The second kappa shape index (κ2) is 4.47. The first-order valence-corrected chi connectivity index (χ1v) is 5.67. The third-order valence-electron chi connectivity index (χ3n) is 3.12. The molecule has 1 aromatic heterocycles. The third-order valence-corrected chi connectivity index (χ3v) is 3.12. The van der Waals surface area contributed by atoms with Crippen molar-refractivity contribution in [3.63, 3.8) is 0 Å². The highest BCUT2D eigenvalue weighted by molar-refractivity contribution is 5.79. The van der Waals surface area contributed by atoms with E-state index in [0.29, 0.717) is 10.9 Å². The SMILES string of the molecule is CC(N)C(O)(c1cnc2ccccc2c1)C(F)(F)F. The number of hydrogen-bond acceptors (Lipinski definition) is 3. The zero-order chi connectivity index (χ0) is 14.3. The van der Waals surface area contributed by atoms with E-state index in [1.165, 1.54) is 6.07 Å². The van der Waals surface area contributed by atoms with E-state index in [0.717, 1.165) is 13.1 Å². The van der Waals surface area contributed by atoms with Gasteiger partial charge in [0.05, 0.1) is 5.52 Å². The maximum Gasteiger partial charge on any atom is 0.423 e. The van der Waals surface area contributed by atoms with E-state index in [1.807, 2.05) is 0 Å². The topological polar surface area (TPSA) is 59.1 Å². The summed E-state index contributed by atoms with van der Waals surface area (Å²) in [6, 6.07) is 6.49. The Morgan fingerprint density at radius 2 is 1.89 bits per heavy atom. The molecule has 0 amide bonds. The molecule has 6 heteroatoms. The molecule has 0 saturated carbocycles. The van der Waals surface area contributed by atoms with E-state index in [4.69, 9.17) is 5.73 Å². The average molecular weight is 270 g/mol. The van der Waals surface area contributed by atoms with Crippen LogP contribution in [-0.4, -0.2) is 22.3 Å². The maximum absolute atomic E-state index is 13.1. The van der Waals surface area contributed by atoms with Crippen LogP contribution in [0.5, 0.6) is 0 Å². The molecule has 0 radical (unpaired) electrons. The van der Waals surface area contributed by atoms with Gasteiger partial charge in [-0.3, -0.25) is 4.98 Å². The molecule has 102 valence electrons. The lowest BCUT2D eigenvalue weighted by Gasteiger charge is -2.34. The van der Waals surface area contributed by atoms with Crippen molar-refractivity contribution in [2.75, 3.05) is 0 Å². The fraction of sp³-hybridized carbons (Fsp3) is 0.308. The van der Waals surface area contributed by atoms with Gasteiger partial charge in [0.25, 0.3) is 0 Å². The molecule has 1 aromatic carbocycles. The van der Waals surface area contributed by atoms with Crippen molar-refractivity contribution in [1.82, 2.24) is 4.98 Å². The Morgan fingerprint density at radius 3 is 2.47 bits per heavy atom. The van der Waals surface area contributed by atoms with Crippen LogP contribution in [0.3, 0.4) is 0 Å². The first-order chi connectivity index (χ1) is 8.76. The Labute approximate surface area is 107 Å². The van der Waals surface area contributed by atoms with Gasteiger partial charge >= 0.3 is 6.18 Å². The molecule has 2 unspecified atom stereocenters. The predicted molar refractivity (Wildman–Crippen MR) is 65.3 cm³/mol. The van der Waals surface area contributed by atoms with Gasteiger partial charge in [-0.1, -0.05) is 18.2 Å². The van der Waals surface area contributed by atoms with Crippen molar-refractivity contribution in [1.29, 1.82) is 0 Å². The van der Waals surface area contributed by atoms with Gasteiger partial charge in [0.15, 0.2) is 0 Å². The van der Waals surface area contributed by atoms with Gasteiger partial charge in [-0.15, -0.1) is 0 Å². The van der Waals surface area contributed by atoms with E-state index < -0.39 is 17.8 Å². The number of alkyl halides is 3. The van der Waals surface area contributed by atoms with Crippen molar-refractivity contribution >= 4 is 10.9 Å². The van der Waals surface area contributed by atoms with E-state index in [2.05, 4.69) is 4.98 Å². The van der Waals surface area contributed by atoms with Gasteiger partial charge in [0.2, 0.25) is 5.60 Å². The molecule has 0 spiro atoms. The molecule has 0 fully saturated rings. The Bertz CT molecular complexity index is 598. The molecule has 2 atom stereocenters. The van der Waals surface area contributed by atoms with Gasteiger partial charge in [0, 0.05) is 23.2 Å². The summed E-state index contributed by atoms with van der Waals surface area (Å²) in [6.07, 6.45) is -3.86. The summed E-state index contributed by atoms with van der Waals surface area (Å²) in [7, 11) is 0. The van der Waals surface area contributed by atoms with Gasteiger partial charge in [-0.2, -0.15) is 13.2 Å². The summed E-state index contributed by atoms with van der Waals surface area (Å²) in [5.74, 6) is 0. The predicted octanol–water partition coefficient (Wildman–Crippen LogP) is 2.33. The standard InChI is InChI=1S/C13H13F3N2O/c1-8(17)12(19,13(14,15)16)10-6-9-4-2-3-5-11(9)18-7-10/h2-8,19H,17H2,1H3. The number of aliphatic hydroxyl groups is 1. The van der Waals surface area contributed by atoms with Gasteiger partial charge < -0.3 is 10.8 Å². The quantitative estimate of drug-likeness (QED) is 0.880. The molecule has 19 heavy (non-hydrogen) atoms. The summed E-state index contributed by atoms with van der Waals surface area (Å²) in [5, 5.41) is 10.5. The summed E-state index contributed by atoms with van der Waals surface area (Å²) < 4.78 is 39.2. The summed E-state index contributed by atoms with van der Waals surface area (Å²) in [4.78, 5) is 3.93. The number of rotatable bonds is 2. The number of para-hydroxylation sites is 1. The fourth-order valence-electron chi connectivity index (χ4n) is 1.96. The molecule has 0 aliphatic carbocycles. The molecule has 3 N–H and O–H groups in total. The van der Waals surface area contributed by atoms with Crippen LogP contribution in [-0.2, 0) is 5.60 Å². The zero-order valence-corrected chi connectivity index (χ0v) is 10.1. The van der Waals surface area contributed by atoms with Crippen LogP contribution in [0.4, 0.5) is 13.2 Å². The van der Waals surface area contributed by atoms with Crippen LogP contribution in [0.1, 0.15) is 12.5 Å². The minimum Gasteiger partial charge on any atom is -0.375 e. The highest BCUT2D eigenvalue weighted by atomic mass is 19.4. The van der Waals surface area contributed by atoms with Gasteiger partial charge in [-0.05, 0) is 19.1 Å². The fourth-order valence-corrected chi connectivity index (χ4v) is 1.96. The van der Waals surface area contributed by atoms with E-state index >= 15 is 0 Å². The minimum atomic E-state index is -4.87. The maximum atomic E-state index is 13.1. The Kier molecular flexibility index (Phi) is 3.24. The van der Waals surface area contributed by atoms with Crippen molar-refractivity contribution in [2.45, 2.75) is 24.7 Å². The Hall–Kier alpha value is -1.66. The number of fused-ring (bicyclic) bond motifs is 1. The molecule has 0 aliphatic heterocycles. The highest BCUT2D eigenvalue weighted by Crippen LogP contribution is 2.41. The smallest absolute Gasteiger partial charge is 0.375 e. The first-order valence-electron chi connectivity index (χ1n) is 5.67. The van der Waals surface area contributed by atoms with Crippen LogP contribution in [0, 0.1) is 0 Å². The van der Waals surface area contributed by atoms with Crippen molar-refractivity contribution in [3.8, 4) is 0 Å². The lowest BCUT2D eigenvalue weighted by Crippen LogP contribution is -2.54. The average Bonchev–Trinajstić information content (AvgIpc) is 2.35. The van der Waals surface area contributed by atoms with Gasteiger partial charge in [0.1, 0.15) is 0 Å². The molecule has 2 rings (SSSR count). The monoisotopic (exact) mass is 270 g/mol. The van der Waals surface area contributed by atoms with Crippen molar-refractivity contribution in [3.05, 3.63) is 42.1 Å². The lowest BCUT2D eigenvalue weighted by molar-refractivity contribution is -0.272. The number of hydrogen-bond donors (Lipinski definition) is 2. The van der Waals surface area contributed by atoms with Crippen LogP contribution < -0.4 is 5.73 Å². The molecule has 1 heterocycles. The highest BCUT2D eigenvalue weighted by Gasteiger charge is 2.57. The third kappa shape index (κ3) is 2.17.